The minimum Gasteiger partial charge on any atom is -0.508 e. The smallest absolute Gasteiger partial charge is 0.297 e. The summed E-state index contributed by atoms with van der Waals surface area (Å²) in [4.78, 5) is 28.3. The van der Waals surface area contributed by atoms with Crippen molar-refractivity contribution in [2.75, 3.05) is 4.90 Å². The molecular formula is C22H17N3O4S. The van der Waals surface area contributed by atoms with Crippen molar-refractivity contribution >= 4 is 33.3 Å². The third-order valence-electron chi connectivity index (χ3n) is 5.20. The highest BCUT2D eigenvalue weighted by molar-refractivity contribution is 7.15. The highest BCUT2D eigenvalue weighted by Gasteiger charge is 2.45. The molecule has 0 spiro atoms. The maximum atomic E-state index is 13.5. The molecule has 5 rings (SSSR count). The normalized spacial score (nSPS) is 15.7. The molecule has 30 heavy (non-hydrogen) atoms. The molecule has 2 aromatic heterocycles. The standard InChI is InChI=1S/C22H17N3O4S/c1-3-16-23-24-22(30-16)25-18(12-5-7-13(26)8-6-12)17-19(27)14-10-11(2)4-9-15(14)29-20(17)21(25)28/h4-10,18,26H,3H2,1-2H3. The Hall–Kier alpha value is -3.52. The van der Waals surface area contributed by atoms with Crippen LogP contribution in [0.25, 0.3) is 11.0 Å². The van der Waals surface area contributed by atoms with Gasteiger partial charge in [-0.25, -0.2) is 0 Å². The van der Waals surface area contributed by atoms with Gasteiger partial charge in [-0.05, 0) is 43.2 Å². The number of carbonyl (C=O) groups is 1. The molecule has 1 atom stereocenters. The van der Waals surface area contributed by atoms with Crippen LogP contribution in [0.3, 0.4) is 0 Å². The van der Waals surface area contributed by atoms with Gasteiger partial charge < -0.3 is 9.52 Å². The van der Waals surface area contributed by atoms with Crippen molar-refractivity contribution < 1.29 is 14.3 Å². The van der Waals surface area contributed by atoms with Gasteiger partial charge in [-0.1, -0.05) is 42.0 Å². The lowest BCUT2D eigenvalue weighted by atomic mass is 9.98. The lowest BCUT2D eigenvalue weighted by molar-refractivity contribution is 0.0970. The van der Waals surface area contributed by atoms with Crippen molar-refractivity contribution in [2.45, 2.75) is 26.3 Å². The molecular weight excluding hydrogens is 402 g/mol. The first-order chi connectivity index (χ1) is 14.5. The Bertz CT molecular complexity index is 1360. The molecule has 0 radical (unpaired) electrons. The summed E-state index contributed by atoms with van der Waals surface area (Å²) in [7, 11) is 0. The number of benzene rings is 2. The zero-order valence-corrected chi connectivity index (χ0v) is 17.1. The van der Waals surface area contributed by atoms with E-state index >= 15 is 0 Å². The van der Waals surface area contributed by atoms with E-state index in [4.69, 9.17) is 4.42 Å². The van der Waals surface area contributed by atoms with E-state index in [0.29, 0.717) is 28.1 Å². The predicted octanol–water partition coefficient (Wildman–Crippen LogP) is 3.97. The largest absolute Gasteiger partial charge is 0.508 e. The highest BCUT2D eigenvalue weighted by atomic mass is 32.1. The van der Waals surface area contributed by atoms with Crippen molar-refractivity contribution in [3.8, 4) is 5.75 Å². The molecule has 7 nitrogen and oxygen atoms in total. The van der Waals surface area contributed by atoms with Crippen LogP contribution in [0.5, 0.6) is 5.75 Å². The van der Waals surface area contributed by atoms with E-state index in [-0.39, 0.29) is 22.5 Å². The average molecular weight is 419 g/mol. The molecule has 2 aromatic carbocycles. The number of hydrogen-bond donors (Lipinski definition) is 1. The SMILES string of the molecule is CCc1nnc(N2C(=O)c3oc4ccc(C)cc4c(=O)c3C2c2ccc(O)cc2)s1. The molecule has 0 saturated carbocycles. The minimum absolute atomic E-state index is 0.0164. The van der Waals surface area contributed by atoms with Crippen LogP contribution in [0.15, 0.2) is 51.7 Å². The Labute approximate surface area is 175 Å². The van der Waals surface area contributed by atoms with E-state index in [2.05, 4.69) is 10.2 Å². The number of aryl methyl sites for hydroxylation is 2. The first-order valence-corrected chi connectivity index (χ1v) is 10.3. The van der Waals surface area contributed by atoms with Crippen LogP contribution in [-0.4, -0.2) is 21.2 Å². The number of anilines is 1. The van der Waals surface area contributed by atoms with Crippen molar-refractivity contribution in [3.05, 3.63) is 80.1 Å². The molecule has 1 aliphatic rings. The molecule has 0 bridgehead atoms. The molecule has 4 aromatic rings. The van der Waals surface area contributed by atoms with Crippen LogP contribution in [0.4, 0.5) is 5.13 Å². The third kappa shape index (κ3) is 2.72. The molecule has 1 amide bonds. The summed E-state index contributed by atoms with van der Waals surface area (Å²) in [5.41, 5.74) is 2.00. The van der Waals surface area contributed by atoms with Gasteiger partial charge in [-0.15, -0.1) is 10.2 Å². The number of amides is 1. The van der Waals surface area contributed by atoms with Gasteiger partial charge in [0.05, 0.1) is 17.0 Å². The van der Waals surface area contributed by atoms with Crippen molar-refractivity contribution in [2.24, 2.45) is 0 Å². The monoisotopic (exact) mass is 419 g/mol. The summed E-state index contributed by atoms with van der Waals surface area (Å²) in [6.45, 7) is 3.86. The number of aromatic nitrogens is 2. The zero-order chi connectivity index (χ0) is 21.0. The summed E-state index contributed by atoms with van der Waals surface area (Å²) in [6, 6.07) is 11.0. The van der Waals surface area contributed by atoms with Gasteiger partial charge in [-0.2, -0.15) is 0 Å². The lowest BCUT2D eigenvalue weighted by Crippen LogP contribution is -2.29. The van der Waals surface area contributed by atoms with Crippen LogP contribution in [0, 0.1) is 6.92 Å². The van der Waals surface area contributed by atoms with Gasteiger partial charge in [0.2, 0.25) is 10.9 Å². The summed E-state index contributed by atoms with van der Waals surface area (Å²) < 4.78 is 5.93. The number of fused-ring (bicyclic) bond motifs is 2. The molecule has 1 unspecified atom stereocenters. The number of hydrogen-bond acceptors (Lipinski definition) is 7. The van der Waals surface area contributed by atoms with Gasteiger partial charge in [0.15, 0.2) is 5.43 Å². The molecule has 0 aliphatic carbocycles. The molecule has 0 saturated heterocycles. The van der Waals surface area contributed by atoms with Crippen LogP contribution in [-0.2, 0) is 6.42 Å². The van der Waals surface area contributed by atoms with Gasteiger partial charge >= 0.3 is 0 Å². The van der Waals surface area contributed by atoms with Crippen LogP contribution >= 0.6 is 11.3 Å². The third-order valence-corrected chi connectivity index (χ3v) is 6.27. The van der Waals surface area contributed by atoms with Crippen LogP contribution in [0.1, 0.15) is 45.2 Å². The number of nitrogens with zero attached hydrogens (tertiary/aromatic N) is 3. The number of aromatic hydroxyl groups is 1. The first-order valence-electron chi connectivity index (χ1n) is 9.50. The second kappa shape index (κ2) is 6.77. The highest BCUT2D eigenvalue weighted by Crippen LogP contribution is 2.42. The summed E-state index contributed by atoms with van der Waals surface area (Å²) >= 11 is 1.31. The predicted molar refractivity (Wildman–Crippen MR) is 113 cm³/mol. The Balaban J connectivity index is 1.80. The van der Waals surface area contributed by atoms with Crippen molar-refractivity contribution in [1.29, 1.82) is 0 Å². The second-order valence-corrected chi connectivity index (χ2v) is 8.22. The number of phenols is 1. The number of rotatable bonds is 3. The van der Waals surface area contributed by atoms with E-state index in [9.17, 15) is 14.7 Å². The second-order valence-electron chi connectivity index (χ2n) is 7.17. The fourth-order valence-electron chi connectivity index (χ4n) is 3.74. The number of carbonyl (C=O) groups excluding carboxylic acids is 1. The Morgan fingerprint density at radius 3 is 2.60 bits per heavy atom. The first kappa shape index (κ1) is 18.5. The van der Waals surface area contributed by atoms with E-state index < -0.39 is 11.9 Å². The van der Waals surface area contributed by atoms with Crippen LogP contribution < -0.4 is 10.3 Å². The molecule has 3 heterocycles. The van der Waals surface area contributed by atoms with E-state index in [0.717, 1.165) is 10.6 Å². The average Bonchev–Trinajstić information content (AvgIpc) is 3.32. The van der Waals surface area contributed by atoms with Gasteiger partial charge in [0, 0.05) is 0 Å². The topological polar surface area (TPSA) is 96.5 Å². The van der Waals surface area contributed by atoms with Crippen molar-refractivity contribution in [1.82, 2.24) is 10.2 Å². The number of phenolic OH excluding ortho intramolecular Hbond substituents is 1. The molecule has 1 N–H and O–H groups in total. The maximum Gasteiger partial charge on any atom is 0.297 e. The van der Waals surface area contributed by atoms with E-state index in [1.165, 1.54) is 28.4 Å². The quantitative estimate of drug-likeness (QED) is 0.540. The Morgan fingerprint density at radius 1 is 1.13 bits per heavy atom. The summed E-state index contributed by atoms with van der Waals surface area (Å²) in [6.07, 6.45) is 0.691. The molecule has 0 fully saturated rings. The Morgan fingerprint density at radius 2 is 1.90 bits per heavy atom. The zero-order valence-electron chi connectivity index (χ0n) is 16.2. The fraction of sp³-hybridized carbons (Fsp3) is 0.182. The van der Waals surface area contributed by atoms with Crippen molar-refractivity contribution in [3.63, 3.8) is 0 Å². The van der Waals surface area contributed by atoms with Gasteiger partial charge in [-0.3, -0.25) is 14.5 Å². The molecule has 8 heteroatoms. The summed E-state index contributed by atoms with van der Waals surface area (Å²) in [5, 5.41) is 19.7. The maximum absolute atomic E-state index is 13.5. The Kier molecular flexibility index (Phi) is 4.18. The fourth-order valence-corrected chi connectivity index (χ4v) is 4.55. The van der Waals surface area contributed by atoms with Crippen LogP contribution in [0.2, 0.25) is 0 Å². The van der Waals surface area contributed by atoms with E-state index in [1.807, 2.05) is 19.9 Å². The summed E-state index contributed by atoms with van der Waals surface area (Å²) in [5.74, 6) is -0.315. The minimum atomic E-state index is -0.716. The molecule has 150 valence electrons. The van der Waals surface area contributed by atoms with Gasteiger partial charge in [0.1, 0.15) is 16.3 Å². The molecule has 1 aliphatic heterocycles. The van der Waals surface area contributed by atoms with E-state index in [1.54, 1.807) is 24.3 Å². The lowest BCUT2D eigenvalue weighted by Gasteiger charge is -2.22. The van der Waals surface area contributed by atoms with Gasteiger partial charge in [0.25, 0.3) is 5.91 Å².